The second kappa shape index (κ2) is 7.79. The smallest absolute Gasteiger partial charge is 0.193 e. The Morgan fingerprint density at radius 2 is 2.22 bits per heavy atom. The molecule has 23 heavy (non-hydrogen) atoms. The van der Waals surface area contributed by atoms with Crippen LogP contribution in [-0.2, 0) is 11.3 Å². The fourth-order valence-corrected chi connectivity index (χ4v) is 3.53. The summed E-state index contributed by atoms with van der Waals surface area (Å²) in [6, 6.07) is 11.1. The largest absolute Gasteiger partial charge is 0.373 e. The first-order valence-electron chi connectivity index (χ1n) is 8.57. The molecule has 0 bridgehead atoms. The summed E-state index contributed by atoms with van der Waals surface area (Å²) in [5.41, 5.74) is 1.28. The van der Waals surface area contributed by atoms with Crippen molar-refractivity contribution in [2.24, 2.45) is 4.99 Å². The van der Waals surface area contributed by atoms with E-state index in [2.05, 4.69) is 51.4 Å². The van der Waals surface area contributed by atoms with Crippen molar-refractivity contribution in [2.75, 3.05) is 40.3 Å². The minimum absolute atomic E-state index is 0.256. The zero-order chi connectivity index (χ0) is 16.1. The van der Waals surface area contributed by atoms with Gasteiger partial charge in [0.1, 0.15) is 0 Å². The summed E-state index contributed by atoms with van der Waals surface area (Å²) in [7, 11) is 3.91. The predicted octanol–water partition coefficient (Wildman–Crippen LogP) is 1.56. The molecule has 1 N–H and O–H groups in total. The van der Waals surface area contributed by atoms with Crippen LogP contribution in [0, 0.1) is 0 Å². The lowest BCUT2D eigenvalue weighted by Gasteiger charge is -2.35. The van der Waals surface area contributed by atoms with Gasteiger partial charge in [0.15, 0.2) is 5.96 Å². The normalized spacial score (nSPS) is 25.2. The molecule has 2 heterocycles. The maximum Gasteiger partial charge on any atom is 0.193 e. The Kier molecular flexibility index (Phi) is 5.51. The number of hydrogen-bond acceptors (Lipinski definition) is 3. The summed E-state index contributed by atoms with van der Waals surface area (Å²) in [4.78, 5) is 9.12. The van der Waals surface area contributed by atoms with Gasteiger partial charge in [-0.15, -0.1) is 0 Å². The molecule has 0 aliphatic carbocycles. The van der Waals surface area contributed by atoms with Crippen molar-refractivity contribution < 1.29 is 4.74 Å². The van der Waals surface area contributed by atoms with E-state index in [1.54, 1.807) is 0 Å². The standard InChI is InChI=1S/C18H28N4O/c1-19-18(21(2)12-15-7-4-3-5-8-15)20-11-17-13-22-10-6-9-16(22)14-23-17/h3-5,7-8,16-17H,6,9-14H2,1-2H3,(H,19,20). The number of benzene rings is 1. The van der Waals surface area contributed by atoms with Crippen LogP contribution in [-0.4, -0.2) is 68.2 Å². The van der Waals surface area contributed by atoms with E-state index in [1.807, 2.05) is 13.1 Å². The van der Waals surface area contributed by atoms with Gasteiger partial charge in [-0.25, -0.2) is 0 Å². The molecule has 126 valence electrons. The van der Waals surface area contributed by atoms with E-state index in [1.165, 1.54) is 24.9 Å². The number of rotatable bonds is 4. The van der Waals surface area contributed by atoms with E-state index >= 15 is 0 Å². The van der Waals surface area contributed by atoms with E-state index in [4.69, 9.17) is 4.74 Å². The second-order valence-corrected chi connectivity index (χ2v) is 6.52. The predicted molar refractivity (Wildman–Crippen MR) is 93.6 cm³/mol. The SMILES string of the molecule is CN=C(NCC1CN2CCCC2CO1)N(C)Cc1ccccc1. The van der Waals surface area contributed by atoms with Crippen LogP contribution in [0.15, 0.2) is 35.3 Å². The number of morpholine rings is 1. The van der Waals surface area contributed by atoms with Gasteiger partial charge in [-0.05, 0) is 24.9 Å². The molecular formula is C18H28N4O. The fourth-order valence-electron chi connectivity index (χ4n) is 3.53. The van der Waals surface area contributed by atoms with Crippen molar-refractivity contribution in [3.05, 3.63) is 35.9 Å². The van der Waals surface area contributed by atoms with Gasteiger partial charge in [0.25, 0.3) is 0 Å². The average molecular weight is 316 g/mol. The lowest BCUT2D eigenvalue weighted by atomic mass is 10.2. The molecule has 1 aromatic carbocycles. The van der Waals surface area contributed by atoms with Gasteiger partial charge < -0.3 is 15.0 Å². The Bertz CT molecular complexity index is 519. The molecule has 3 rings (SSSR count). The second-order valence-electron chi connectivity index (χ2n) is 6.52. The molecule has 0 amide bonds. The third kappa shape index (κ3) is 4.24. The summed E-state index contributed by atoms with van der Waals surface area (Å²) in [5.74, 6) is 0.918. The number of nitrogens with zero attached hydrogens (tertiary/aromatic N) is 3. The van der Waals surface area contributed by atoms with Gasteiger partial charge in [0.05, 0.1) is 12.7 Å². The van der Waals surface area contributed by atoms with Crippen molar-refractivity contribution >= 4 is 5.96 Å². The van der Waals surface area contributed by atoms with Gasteiger partial charge >= 0.3 is 0 Å². The Hall–Kier alpha value is -1.59. The van der Waals surface area contributed by atoms with E-state index in [0.29, 0.717) is 6.04 Å². The summed E-state index contributed by atoms with van der Waals surface area (Å²) in [6.07, 6.45) is 2.86. The molecule has 2 atom stereocenters. The Morgan fingerprint density at radius 3 is 3.00 bits per heavy atom. The van der Waals surface area contributed by atoms with E-state index in [0.717, 1.165) is 32.2 Å². The minimum atomic E-state index is 0.256. The van der Waals surface area contributed by atoms with Gasteiger partial charge in [0, 0.05) is 39.8 Å². The highest BCUT2D eigenvalue weighted by Gasteiger charge is 2.32. The molecule has 0 radical (unpaired) electrons. The highest BCUT2D eigenvalue weighted by Crippen LogP contribution is 2.22. The molecule has 2 fully saturated rings. The highest BCUT2D eigenvalue weighted by atomic mass is 16.5. The van der Waals surface area contributed by atoms with Gasteiger partial charge in [-0.2, -0.15) is 0 Å². The highest BCUT2D eigenvalue weighted by molar-refractivity contribution is 5.79. The number of hydrogen-bond donors (Lipinski definition) is 1. The van der Waals surface area contributed by atoms with Gasteiger partial charge in [-0.3, -0.25) is 9.89 Å². The van der Waals surface area contributed by atoms with Crippen LogP contribution in [0.2, 0.25) is 0 Å². The molecule has 0 saturated carbocycles. The molecule has 2 aliphatic heterocycles. The number of guanidine groups is 1. The molecular weight excluding hydrogens is 288 g/mol. The van der Waals surface area contributed by atoms with Gasteiger partial charge in [0.2, 0.25) is 0 Å². The number of aliphatic imine (C=N–C) groups is 1. The Balaban J connectivity index is 1.47. The lowest BCUT2D eigenvalue weighted by molar-refractivity contribution is -0.0454. The van der Waals surface area contributed by atoms with Crippen LogP contribution in [0.3, 0.4) is 0 Å². The van der Waals surface area contributed by atoms with Crippen LogP contribution in [0.5, 0.6) is 0 Å². The maximum absolute atomic E-state index is 6.01. The van der Waals surface area contributed by atoms with E-state index in [-0.39, 0.29) is 6.10 Å². The third-order valence-corrected chi connectivity index (χ3v) is 4.79. The van der Waals surface area contributed by atoms with Crippen LogP contribution in [0.4, 0.5) is 0 Å². The molecule has 2 unspecified atom stereocenters. The molecule has 1 aromatic rings. The quantitative estimate of drug-likeness (QED) is 0.676. The minimum Gasteiger partial charge on any atom is -0.373 e. The van der Waals surface area contributed by atoms with Crippen molar-refractivity contribution in [1.82, 2.24) is 15.1 Å². The zero-order valence-corrected chi connectivity index (χ0v) is 14.2. The first-order valence-corrected chi connectivity index (χ1v) is 8.57. The number of ether oxygens (including phenoxy) is 1. The molecule has 0 spiro atoms. The van der Waals surface area contributed by atoms with Crippen LogP contribution >= 0.6 is 0 Å². The van der Waals surface area contributed by atoms with Crippen LogP contribution < -0.4 is 5.32 Å². The zero-order valence-electron chi connectivity index (χ0n) is 14.2. The summed E-state index contributed by atoms with van der Waals surface area (Å²) in [6.45, 7) is 4.81. The molecule has 5 nitrogen and oxygen atoms in total. The molecule has 2 saturated heterocycles. The average Bonchev–Trinajstić information content (AvgIpc) is 3.04. The first-order chi connectivity index (χ1) is 11.3. The fraction of sp³-hybridized carbons (Fsp3) is 0.611. The Morgan fingerprint density at radius 1 is 1.39 bits per heavy atom. The summed E-state index contributed by atoms with van der Waals surface area (Å²) >= 11 is 0. The lowest BCUT2D eigenvalue weighted by Crippen LogP contribution is -2.51. The number of nitrogens with one attached hydrogen (secondary N) is 1. The third-order valence-electron chi connectivity index (χ3n) is 4.79. The van der Waals surface area contributed by atoms with Crippen molar-refractivity contribution in [2.45, 2.75) is 31.5 Å². The van der Waals surface area contributed by atoms with Crippen LogP contribution in [0.1, 0.15) is 18.4 Å². The summed E-state index contributed by atoms with van der Waals surface area (Å²) < 4.78 is 6.01. The Labute approximate surface area is 139 Å². The van der Waals surface area contributed by atoms with E-state index in [9.17, 15) is 0 Å². The van der Waals surface area contributed by atoms with Crippen molar-refractivity contribution in [3.8, 4) is 0 Å². The van der Waals surface area contributed by atoms with Crippen molar-refractivity contribution in [1.29, 1.82) is 0 Å². The van der Waals surface area contributed by atoms with Crippen LogP contribution in [0.25, 0.3) is 0 Å². The molecule has 5 heteroatoms. The summed E-state index contributed by atoms with van der Waals surface area (Å²) in [5, 5.41) is 3.46. The first kappa shape index (κ1) is 16.3. The topological polar surface area (TPSA) is 40.1 Å². The molecule has 0 aromatic heterocycles. The maximum atomic E-state index is 6.01. The van der Waals surface area contributed by atoms with Crippen molar-refractivity contribution in [3.63, 3.8) is 0 Å². The number of fused-ring (bicyclic) bond motifs is 1. The van der Waals surface area contributed by atoms with E-state index < -0.39 is 0 Å². The monoisotopic (exact) mass is 316 g/mol. The van der Waals surface area contributed by atoms with Gasteiger partial charge in [-0.1, -0.05) is 30.3 Å². The molecule has 2 aliphatic rings.